The molecule has 210 valence electrons. The Bertz CT molecular complexity index is 1490. The van der Waals surface area contributed by atoms with Crippen LogP contribution < -0.4 is 10.6 Å². The molecule has 1 aromatic carbocycles. The number of nitrogens with one attached hydrogen (secondary N) is 2. The van der Waals surface area contributed by atoms with E-state index >= 15 is 0 Å². The van der Waals surface area contributed by atoms with Gasteiger partial charge in [-0.2, -0.15) is 0 Å². The summed E-state index contributed by atoms with van der Waals surface area (Å²) in [5, 5.41) is 6.47. The molecule has 0 aliphatic carbocycles. The zero-order valence-corrected chi connectivity index (χ0v) is 23.2. The predicted molar refractivity (Wildman–Crippen MR) is 155 cm³/mol. The third-order valence-corrected chi connectivity index (χ3v) is 7.46. The third kappa shape index (κ3) is 7.08. The Morgan fingerprint density at radius 1 is 0.976 bits per heavy atom. The van der Waals surface area contributed by atoms with Crippen LogP contribution in [0.2, 0.25) is 0 Å². The van der Waals surface area contributed by atoms with Crippen molar-refractivity contribution in [3.63, 3.8) is 0 Å². The molecule has 2 aliphatic heterocycles. The van der Waals surface area contributed by atoms with Crippen LogP contribution in [-0.2, 0) is 22.5 Å². The molecule has 6 rings (SSSR count). The first-order valence-electron chi connectivity index (χ1n) is 14.1. The van der Waals surface area contributed by atoms with Crippen LogP contribution >= 0.6 is 0 Å². The van der Waals surface area contributed by atoms with E-state index in [4.69, 9.17) is 9.72 Å². The number of likely N-dealkylation sites (tertiary alicyclic amines) is 1. The number of carbonyl (C=O) groups excluding carboxylic acids is 1. The average Bonchev–Trinajstić information content (AvgIpc) is 3.42. The minimum atomic E-state index is -0.0464. The summed E-state index contributed by atoms with van der Waals surface area (Å²) >= 11 is 0. The van der Waals surface area contributed by atoms with E-state index in [0.717, 1.165) is 61.9 Å². The molecular weight excluding hydrogens is 516 g/mol. The molecule has 10 heteroatoms. The maximum atomic E-state index is 12.4. The van der Waals surface area contributed by atoms with Gasteiger partial charge in [-0.1, -0.05) is 30.3 Å². The van der Waals surface area contributed by atoms with E-state index in [-0.39, 0.29) is 11.9 Å². The average molecular weight is 551 g/mol. The first-order valence-corrected chi connectivity index (χ1v) is 14.1. The maximum absolute atomic E-state index is 12.4. The van der Waals surface area contributed by atoms with Gasteiger partial charge in [-0.15, -0.1) is 0 Å². The number of anilines is 2. The van der Waals surface area contributed by atoms with Crippen LogP contribution in [0.5, 0.6) is 0 Å². The van der Waals surface area contributed by atoms with E-state index in [1.807, 2.05) is 31.2 Å². The minimum Gasteiger partial charge on any atom is -0.465 e. The molecule has 10 nitrogen and oxygen atoms in total. The monoisotopic (exact) mass is 550 g/mol. The second kappa shape index (κ2) is 12.5. The van der Waals surface area contributed by atoms with Gasteiger partial charge in [0, 0.05) is 56.6 Å². The molecule has 2 saturated heterocycles. The molecular formula is C31H34N8O2. The molecule has 0 spiro atoms. The zero-order valence-electron chi connectivity index (χ0n) is 23.2. The normalized spacial score (nSPS) is 17.2. The van der Waals surface area contributed by atoms with Gasteiger partial charge in [-0.3, -0.25) is 9.69 Å². The molecule has 0 bridgehead atoms. The van der Waals surface area contributed by atoms with E-state index in [1.54, 1.807) is 18.5 Å². The van der Waals surface area contributed by atoms with Crippen LogP contribution in [0.25, 0.3) is 11.5 Å². The van der Waals surface area contributed by atoms with Crippen molar-refractivity contribution in [3.8, 4) is 11.5 Å². The molecule has 2 fully saturated rings. The van der Waals surface area contributed by atoms with Gasteiger partial charge < -0.3 is 15.4 Å². The SMILES string of the molecule is Cc1cccc(-c2nccc(Nc3ccnc(Cc4ccc(CN5CCC(C(=O)OCC6CNC6)C5)cc4)n3)n2)n1. The summed E-state index contributed by atoms with van der Waals surface area (Å²) in [6.45, 7) is 6.88. The van der Waals surface area contributed by atoms with Gasteiger partial charge in [-0.25, -0.2) is 24.9 Å². The fourth-order valence-corrected chi connectivity index (χ4v) is 5.06. The lowest BCUT2D eigenvalue weighted by atomic mass is 10.1. The third-order valence-electron chi connectivity index (χ3n) is 7.46. The number of rotatable bonds is 10. The van der Waals surface area contributed by atoms with E-state index in [1.165, 1.54) is 5.56 Å². The van der Waals surface area contributed by atoms with Crippen LogP contribution in [-0.4, -0.2) is 68.6 Å². The quantitative estimate of drug-likeness (QED) is 0.284. The Balaban J connectivity index is 1.02. The first kappa shape index (κ1) is 26.9. The molecule has 4 aromatic rings. The standard InChI is InChI=1S/C31H34N8O2/c1-21-3-2-4-26(35-21)30-34-13-10-28(38-30)36-27-9-12-33-29(37-27)15-22-5-7-23(8-6-22)18-39-14-11-25(19-39)31(40)41-20-24-16-32-17-24/h2-10,12-13,24-25,32H,11,14-20H2,1H3,(H,33,34,36,37,38). The van der Waals surface area contributed by atoms with Gasteiger partial charge in [0.25, 0.3) is 0 Å². The second-order valence-electron chi connectivity index (χ2n) is 10.8. The highest BCUT2D eigenvalue weighted by Gasteiger charge is 2.30. The molecule has 1 unspecified atom stereocenters. The van der Waals surface area contributed by atoms with Gasteiger partial charge >= 0.3 is 5.97 Å². The molecule has 41 heavy (non-hydrogen) atoms. The largest absolute Gasteiger partial charge is 0.465 e. The number of pyridine rings is 1. The summed E-state index contributed by atoms with van der Waals surface area (Å²) in [5.41, 5.74) is 4.00. The van der Waals surface area contributed by atoms with Gasteiger partial charge in [-0.05, 0) is 55.3 Å². The van der Waals surface area contributed by atoms with Crippen LogP contribution in [0.15, 0.2) is 67.0 Å². The van der Waals surface area contributed by atoms with Crippen molar-refractivity contribution in [2.75, 3.05) is 38.1 Å². The number of carbonyl (C=O) groups is 1. The lowest BCUT2D eigenvalue weighted by Crippen LogP contribution is -2.45. The predicted octanol–water partition coefficient (Wildman–Crippen LogP) is 3.56. The van der Waals surface area contributed by atoms with Crippen molar-refractivity contribution in [1.82, 2.24) is 35.1 Å². The molecule has 2 N–H and O–H groups in total. The summed E-state index contributed by atoms with van der Waals surface area (Å²) in [7, 11) is 0. The van der Waals surface area contributed by atoms with Crippen LogP contribution in [0, 0.1) is 18.8 Å². The number of hydrogen-bond donors (Lipinski definition) is 2. The Kier molecular flexibility index (Phi) is 8.20. The number of hydrogen-bond acceptors (Lipinski definition) is 10. The van der Waals surface area contributed by atoms with Crippen LogP contribution in [0.3, 0.4) is 0 Å². The van der Waals surface area contributed by atoms with E-state index in [2.05, 4.69) is 59.7 Å². The topological polar surface area (TPSA) is 118 Å². The smallest absolute Gasteiger partial charge is 0.310 e. The lowest BCUT2D eigenvalue weighted by molar-refractivity contribution is -0.150. The number of benzene rings is 1. The van der Waals surface area contributed by atoms with Gasteiger partial charge in [0.2, 0.25) is 0 Å². The van der Waals surface area contributed by atoms with Crippen molar-refractivity contribution < 1.29 is 9.53 Å². The van der Waals surface area contributed by atoms with E-state index in [0.29, 0.717) is 36.4 Å². The Morgan fingerprint density at radius 3 is 2.54 bits per heavy atom. The summed E-state index contributed by atoms with van der Waals surface area (Å²) < 4.78 is 5.54. The van der Waals surface area contributed by atoms with E-state index in [9.17, 15) is 4.79 Å². The highest BCUT2D eigenvalue weighted by molar-refractivity contribution is 5.73. The minimum absolute atomic E-state index is 0.0199. The first-order chi connectivity index (χ1) is 20.1. The molecule has 2 aliphatic rings. The molecule has 5 heterocycles. The Morgan fingerprint density at radius 2 is 1.76 bits per heavy atom. The molecule has 3 aromatic heterocycles. The van der Waals surface area contributed by atoms with Crippen molar-refractivity contribution >= 4 is 17.6 Å². The number of ether oxygens (including phenoxy) is 1. The molecule has 0 amide bonds. The molecule has 0 radical (unpaired) electrons. The Labute approximate surface area is 239 Å². The Hall–Kier alpha value is -4.28. The summed E-state index contributed by atoms with van der Waals surface area (Å²) in [6, 6.07) is 18.0. The molecule has 0 saturated carbocycles. The number of nitrogens with zero attached hydrogens (tertiary/aromatic N) is 6. The van der Waals surface area contributed by atoms with Gasteiger partial charge in [0.1, 0.15) is 23.2 Å². The number of aryl methyl sites for hydroxylation is 1. The highest BCUT2D eigenvalue weighted by atomic mass is 16.5. The van der Waals surface area contributed by atoms with Gasteiger partial charge in [0.05, 0.1) is 12.5 Å². The summed E-state index contributed by atoms with van der Waals surface area (Å²) in [6.07, 6.45) is 4.94. The maximum Gasteiger partial charge on any atom is 0.310 e. The van der Waals surface area contributed by atoms with Crippen molar-refractivity contribution in [1.29, 1.82) is 0 Å². The fraction of sp³-hybridized carbons (Fsp3) is 0.355. The van der Waals surface area contributed by atoms with Crippen molar-refractivity contribution in [2.45, 2.75) is 26.3 Å². The molecule has 1 atom stereocenters. The van der Waals surface area contributed by atoms with Crippen molar-refractivity contribution in [3.05, 3.63) is 89.6 Å². The van der Waals surface area contributed by atoms with E-state index < -0.39 is 0 Å². The summed E-state index contributed by atoms with van der Waals surface area (Å²) in [4.78, 5) is 37.4. The van der Waals surface area contributed by atoms with Gasteiger partial charge in [0.15, 0.2) is 5.82 Å². The fourth-order valence-electron chi connectivity index (χ4n) is 5.06. The second-order valence-corrected chi connectivity index (χ2v) is 10.8. The van der Waals surface area contributed by atoms with Crippen LogP contribution in [0.4, 0.5) is 11.6 Å². The van der Waals surface area contributed by atoms with Crippen molar-refractivity contribution in [2.24, 2.45) is 11.8 Å². The number of esters is 1. The zero-order chi connectivity index (χ0) is 28.0. The van der Waals surface area contributed by atoms with Crippen LogP contribution in [0.1, 0.15) is 29.1 Å². The highest BCUT2D eigenvalue weighted by Crippen LogP contribution is 2.22. The lowest BCUT2D eigenvalue weighted by Gasteiger charge is -2.26. The number of aromatic nitrogens is 5. The summed E-state index contributed by atoms with van der Waals surface area (Å²) in [5.74, 6) is 2.99.